The van der Waals surface area contributed by atoms with Gasteiger partial charge < -0.3 is 10.1 Å². The van der Waals surface area contributed by atoms with Gasteiger partial charge in [0.15, 0.2) is 8.29 Å². The zero-order valence-electron chi connectivity index (χ0n) is 14.9. The van der Waals surface area contributed by atoms with E-state index in [1.807, 2.05) is 61.5 Å². The maximum Gasteiger partial charge on any atom is 0.233 e. The Hall–Kier alpha value is -2.16. The number of carbonyl (C=O) groups is 1. The second kappa shape index (κ2) is 9.16. The minimum absolute atomic E-state index is 0.0571. The van der Waals surface area contributed by atoms with Crippen molar-refractivity contribution >= 4 is 41.2 Å². The molecular formula is C19H19N3O2S3. The summed E-state index contributed by atoms with van der Waals surface area (Å²) in [6.07, 6.45) is 0. The van der Waals surface area contributed by atoms with Gasteiger partial charge in [-0.25, -0.2) is 4.68 Å². The van der Waals surface area contributed by atoms with Crippen LogP contribution in [0, 0.1) is 3.95 Å². The molecule has 0 aliphatic heterocycles. The van der Waals surface area contributed by atoms with Gasteiger partial charge >= 0.3 is 0 Å². The molecule has 0 fully saturated rings. The molecule has 0 unspecified atom stereocenters. The summed E-state index contributed by atoms with van der Waals surface area (Å²) in [6.45, 7) is 2.28. The van der Waals surface area contributed by atoms with Gasteiger partial charge in [-0.2, -0.15) is 0 Å². The Bertz CT molecular complexity index is 970. The minimum Gasteiger partial charge on any atom is -0.496 e. The Morgan fingerprint density at radius 3 is 2.70 bits per heavy atom. The molecule has 140 valence electrons. The highest BCUT2D eigenvalue weighted by Gasteiger charge is 2.17. The quantitative estimate of drug-likeness (QED) is 0.454. The van der Waals surface area contributed by atoms with Gasteiger partial charge in [0.05, 0.1) is 18.0 Å². The molecular weight excluding hydrogens is 398 g/mol. The van der Waals surface area contributed by atoms with E-state index in [0.717, 1.165) is 21.3 Å². The number of ether oxygens (including phenoxy) is 1. The molecule has 3 aromatic rings. The van der Waals surface area contributed by atoms with E-state index < -0.39 is 0 Å². The van der Waals surface area contributed by atoms with E-state index in [4.69, 9.17) is 17.0 Å². The lowest BCUT2D eigenvalue weighted by Crippen LogP contribution is -2.30. The lowest BCUT2D eigenvalue weighted by Gasteiger charge is -2.12. The summed E-state index contributed by atoms with van der Waals surface area (Å²) in [5.74, 6) is 0.705. The molecule has 1 amide bonds. The first kappa shape index (κ1) is 19.6. The first-order valence-corrected chi connectivity index (χ1v) is 10.4. The number of carbonyl (C=O) groups excluding carboxylic acids is 1. The van der Waals surface area contributed by atoms with Crippen LogP contribution in [0.4, 0.5) is 0 Å². The number of aromatic nitrogens is 2. The fourth-order valence-corrected chi connectivity index (χ4v) is 4.95. The van der Waals surface area contributed by atoms with Gasteiger partial charge in [0.1, 0.15) is 5.75 Å². The first-order valence-electron chi connectivity index (χ1n) is 8.30. The van der Waals surface area contributed by atoms with E-state index in [1.54, 1.807) is 11.8 Å². The standard InChI is InChI=1S/C19H19N3O2S3/c1-13(17(23)20-12-14-8-6-7-11-16(14)24-2)26-18-21-22(19(25)27-18)15-9-4-3-5-10-15/h3-11,13H,12H2,1-2H3,(H,20,23)/t13-/m0/s1. The molecule has 0 aliphatic carbocycles. The van der Waals surface area contributed by atoms with Crippen LogP contribution in [0.5, 0.6) is 5.75 Å². The smallest absolute Gasteiger partial charge is 0.233 e. The number of nitrogens with zero attached hydrogens (tertiary/aromatic N) is 2. The normalized spacial score (nSPS) is 11.8. The highest BCUT2D eigenvalue weighted by molar-refractivity contribution is 8.02. The van der Waals surface area contributed by atoms with E-state index in [9.17, 15) is 4.79 Å². The van der Waals surface area contributed by atoms with Crippen molar-refractivity contribution in [2.24, 2.45) is 0 Å². The summed E-state index contributed by atoms with van der Waals surface area (Å²) in [7, 11) is 1.62. The summed E-state index contributed by atoms with van der Waals surface area (Å²) in [5, 5.41) is 7.21. The fourth-order valence-electron chi connectivity index (χ4n) is 2.42. The Morgan fingerprint density at radius 2 is 1.96 bits per heavy atom. The van der Waals surface area contributed by atoms with Crippen molar-refractivity contribution in [3.05, 3.63) is 64.1 Å². The SMILES string of the molecule is COc1ccccc1CNC(=O)[C@H](C)Sc1nn(-c2ccccc2)c(=S)s1. The van der Waals surface area contributed by atoms with Crippen molar-refractivity contribution in [3.8, 4) is 11.4 Å². The van der Waals surface area contributed by atoms with Crippen LogP contribution < -0.4 is 10.1 Å². The van der Waals surface area contributed by atoms with Crippen molar-refractivity contribution in [2.75, 3.05) is 7.11 Å². The summed E-state index contributed by atoms with van der Waals surface area (Å²) < 4.78 is 8.46. The summed E-state index contributed by atoms with van der Waals surface area (Å²) in [4.78, 5) is 12.5. The van der Waals surface area contributed by atoms with Crippen molar-refractivity contribution in [3.63, 3.8) is 0 Å². The van der Waals surface area contributed by atoms with Crippen LogP contribution in [0.1, 0.15) is 12.5 Å². The molecule has 1 atom stereocenters. The highest BCUT2D eigenvalue weighted by Crippen LogP contribution is 2.28. The predicted octanol–water partition coefficient (Wildman–Crippen LogP) is 4.47. The Kier molecular flexibility index (Phi) is 6.65. The number of thioether (sulfide) groups is 1. The van der Waals surface area contributed by atoms with Gasteiger partial charge in [0, 0.05) is 12.1 Å². The second-order valence-electron chi connectivity index (χ2n) is 5.67. The van der Waals surface area contributed by atoms with E-state index in [0.29, 0.717) is 10.5 Å². The third-order valence-electron chi connectivity index (χ3n) is 3.82. The molecule has 2 aromatic carbocycles. The molecule has 1 N–H and O–H groups in total. The van der Waals surface area contributed by atoms with Gasteiger partial charge in [-0.1, -0.05) is 59.5 Å². The molecule has 0 spiro atoms. The molecule has 1 heterocycles. The van der Waals surface area contributed by atoms with Gasteiger partial charge in [-0.15, -0.1) is 5.10 Å². The number of nitrogens with one attached hydrogen (secondary N) is 1. The van der Waals surface area contributed by atoms with Gasteiger partial charge in [0.2, 0.25) is 5.91 Å². The zero-order chi connectivity index (χ0) is 19.2. The molecule has 8 heteroatoms. The molecule has 27 heavy (non-hydrogen) atoms. The molecule has 0 aliphatic rings. The second-order valence-corrected chi connectivity index (χ2v) is 8.88. The Morgan fingerprint density at radius 1 is 1.26 bits per heavy atom. The number of rotatable bonds is 7. The number of hydrogen-bond donors (Lipinski definition) is 1. The Labute approximate surface area is 171 Å². The molecule has 0 radical (unpaired) electrons. The lowest BCUT2D eigenvalue weighted by molar-refractivity contribution is -0.120. The van der Waals surface area contributed by atoms with Gasteiger partial charge in [-0.3, -0.25) is 4.79 Å². The zero-order valence-corrected chi connectivity index (χ0v) is 17.4. The van der Waals surface area contributed by atoms with Crippen LogP contribution in [-0.2, 0) is 11.3 Å². The van der Waals surface area contributed by atoms with E-state index in [-0.39, 0.29) is 11.2 Å². The average Bonchev–Trinajstić information content (AvgIpc) is 3.06. The van der Waals surface area contributed by atoms with Crippen LogP contribution in [0.25, 0.3) is 5.69 Å². The van der Waals surface area contributed by atoms with Crippen molar-refractivity contribution in [1.29, 1.82) is 0 Å². The van der Waals surface area contributed by atoms with E-state index >= 15 is 0 Å². The maximum absolute atomic E-state index is 12.5. The lowest BCUT2D eigenvalue weighted by atomic mass is 10.2. The van der Waals surface area contributed by atoms with E-state index in [1.165, 1.54) is 23.1 Å². The molecule has 0 saturated carbocycles. The van der Waals surface area contributed by atoms with Crippen molar-refractivity contribution < 1.29 is 9.53 Å². The van der Waals surface area contributed by atoms with Crippen LogP contribution in [0.2, 0.25) is 0 Å². The molecule has 5 nitrogen and oxygen atoms in total. The summed E-state index contributed by atoms with van der Waals surface area (Å²) in [6, 6.07) is 17.4. The van der Waals surface area contributed by atoms with Crippen LogP contribution in [0.15, 0.2) is 58.9 Å². The molecule has 3 rings (SSSR count). The van der Waals surface area contributed by atoms with Crippen molar-refractivity contribution in [1.82, 2.24) is 15.1 Å². The fraction of sp³-hybridized carbons (Fsp3) is 0.211. The monoisotopic (exact) mass is 417 g/mol. The van der Waals surface area contributed by atoms with Gasteiger partial charge in [0.25, 0.3) is 0 Å². The topological polar surface area (TPSA) is 56.1 Å². The summed E-state index contributed by atoms with van der Waals surface area (Å²) in [5.41, 5.74) is 1.86. The number of hydrogen-bond acceptors (Lipinski definition) is 6. The first-order chi connectivity index (χ1) is 13.1. The summed E-state index contributed by atoms with van der Waals surface area (Å²) >= 11 is 8.22. The van der Waals surface area contributed by atoms with Crippen LogP contribution >= 0.6 is 35.3 Å². The minimum atomic E-state index is -0.288. The number of para-hydroxylation sites is 2. The number of methoxy groups -OCH3 is 1. The van der Waals surface area contributed by atoms with Crippen LogP contribution in [0.3, 0.4) is 0 Å². The Balaban J connectivity index is 1.62. The number of amides is 1. The predicted molar refractivity (Wildman–Crippen MR) is 112 cm³/mol. The molecule has 0 saturated heterocycles. The van der Waals surface area contributed by atoms with Crippen molar-refractivity contribution in [2.45, 2.75) is 23.1 Å². The van der Waals surface area contributed by atoms with E-state index in [2.05, 4.69) is 10.4 Å². The number of benzene rings is 2. The third kappa shape index (κ3) is 4.97. The average molecular weight is 418 g/mol. The molecule has 1 aromatic heterocycles. The maximum atomic E-state index is 12.5. The largest absolute Gasteiger partial charge is 0.496 e. The third-order valence-corrected chi connectivity index (χ3v) is 6.24. The van der Waals surface area contributed by atoms with Crippen LogP contribution in [-0.4, -0.2) is 28.0 Å². The van der Waals surface area contributed by atoms with Gasteiger partial charge in [-0.05, 0) is 37.3 Å². The highest BCUT2D eigenvalue weighted by atomic mass is 32.2. The molecule has 0 bridgehead atoms.